The van der Waals surface area contributed by atoms with Crippen LogP contribution in [-0.4, -0.2) is 51.2 Å². The molecule has 2 fully saturated rings. The van der Waals surface area contributed by atoms with Crippen LogP contribution in [0.15, 0.2) is 30.3 Å². The Morgan fingerprint density at radius 2 is 2.00 bits per heavy atom. The molecule has 2 heterocycles. The summed E-state index contributed by atoms with van der Waals surface area (Å²) in [6, 6.07) is 7.69. The predicted molar refractivity (Wildman–Crippen MR) is 91.9 cm³/mol. The van der Waals surface area contributed by atoms with E-state index in [0.29, 0.717) is 25.0 Å². The average molecular weight is 364 g/mol. The van der Waals surface area contributed by atoms with Crippen LogP contribution in [0.3, 0.4) is 0 Å². The first kappa shape index (κ1) is 17.6. The van der Waals surface area contributed by atoms with Crippen molar-refractivity contribution >= 4 is 29.7 Å². The minimum absolute atomic E-state index is 0.117. The molecule has 25 heavy (non-hydrogen) atoms. The highest BCUT2D eigenvalue weighted by atomic mass is 32.2. The number of hydrogen-bond acceptors (Lipinski definition) is 5. The Morgan fingerprint density at radius 3 is 2.72 bits per heavy atom. The van der Waals surface area contributed by atoms with Crippen molar-refractivity contribution in [3.05, 3.63) is 35.9 Å². The molecule has 1 aromatic rings. The Kier molecular flexibility index (Phi) is 5.47. The number of nitrogens with one attached hydrogen (secondary N) is 1. The Balaban J connectivity index is 1.60. The normalized spacial score (nSPS) is 25.8. The maximum Gasteiger partial charge on any atom is 0.408 e. The monoisotopic (exact) mass is 364 g/mol. The van der Waals surface area contributed by atoms with Crippen molar-refractivity contribution in [2.75, 3.05) is 5.75 Å². The minimum Gasteiger partial charge on any atom is -0.480 e. The van der Waals surface area contributed by atoms with E-state index < -0.39 is 24.1 Å². The molecule has 3 rings (SSSR count). The lowest BCUT2D eigenvalue weighted by Crippen LogP contribution is -2.52. The molecule has 2 aliphatic rings. The SMILES string of the molecule is O=C(NC1CCSC2CCC(C(=O)O)N2C1=O)OCc1ccccc1. The molecule has 0 saturated carbocycles. The molecule has 0 aliphatic carbocycles. The summed E-state index contributed by atoms with van der Waals surface area (Å²) in [7, 11) is 0. The fourth-order valence-electron chi connectivity index (χ4n) is 3.15. The van der Waals surface area contributed by atoms with Crippen LogP contribution < -0.4 is 5.32 Å². The fraction of sp³-hybridized carbons (Fsp3) is 0.471. The lowest BCUT2D eigenvalue weighted by molar-refractivity contribution is -0.149. The van der Waals surface area contributed by atoms with Crippen molar-refractivity contribution in [2.24, 2.45) is 0 Å². The minimum atomic E-state index is -0.997. The quantitative estimate of drug-likeness (QED) is 0.846. The molecule has 2 saturated heterocycles. The number of ether oxygens (including phenoxy) is 1. The van der Waals surface area contributed by atoms with Crippen LogP contribution in [0.1, 0.15) is 24.8 Å². The van der Waals surface area contributed by atoms with Crippen molar-refractivity contribution in [1.29, 1.82) is 0 Å². The summed E-state index contributed by atoms with van der Waals surface area (Å²) in [4.78, 5) is 37.6. The van der Waals surface area contributed by atoms with Crippen LogP contribution in [0, 0.1) is 0 Å². The summed E-state index contributed by atoms with van der Waals surface area (Å²) in [5, 5.41) is 11.8. The van der Waals surface area contributed by atoms with Crippen LogP contribution in [-0.2, 0) is 20.9 Å². The molecule has 2 aliphatic heterocycles. The molecule has 2 amide bonds. The van der Waals surface area contributed by atoms with E-state index in [1.807, 2.05) is 30.3 Å². The van der Waals surface area contributed by atoms with Gasteiger partial charge in [-0.2, -0.15) is 0 Å². The van der Waals surface area contributed by atoms with E-state index in [1.54, 1.807) is 11.8 Å². The average Bonchev–Trinajstić information content (AvgIpc) is 2.97. The van der Waals surface area contributed by atoms with Crippen molar-refractivity contribution in [1.82, 2.24) is 10.2 Å². The van der Waals surface area contributed by atoms with E-state index in [0.717, 1.165) is 5.56 Å². The van der Waals surface area contributed by atoms with Crippen molar-refractivity contribution in [3.8, 4) is 0 Å². The number of fused-ring (bicyclic) bond motifs is 1. The van der Waals surface area contributed by atoms with Gasteiger partial charge in [0, 0.05) is 0 Å². The van der Waals surface area contributed by atoms with Crippen molar-refractivity contribution < 1.29 is 24.2 Å². The van der Waals surface area contributed by atoms with Gasteiger partial charge in [-0.15, -0.1) is 11.8 Å². The highest BCUT2D eigenvalue weighted by Crippen LogP contribution is 2.35. The van der Waals surface area contributed by atoms with Gasteiger partial charge in [0.25, 0.3) is 0 Å². The van der Waals surface area contributed by atoms with E-state index in [1.165, 1.54) is 4.90 Å². The van der Waals surface area contributed by atoms with Crippen LogP contribution in [0.5, 0.6) is 0 Å². The van der Waals surface area contributed by atoms with Crippen LogP contribution in [0.2, 0.25) is 0 Å². The third kappa shape index (κ3) is 4.07. The highest BCUT2D eigenvalue weighted by Gasteiger charge is 2.45. The van der Waals surface area contributed by atoms with Crippen LogP contribution in [0.4, 0.5) is 4.79 Å². The third-order valence-electron chi connectivity index (χ3n) is 4.39. The van der Waals surface area contributed by atoms with Gasteiger partial charge >= 0.3 is 12.1 Å². The number of hydrogen-bond donors (Lipinski definition) is 2. The van der Waals surface area contributed by atoms with Gasteiger partial charge in [0.05, 0.1) is 5.37 Å². The molecule has 0 bridgehead atoms. The lowest BCUT2D eigenvalue weighted by Gasteiger charge is -2.28. The number of rotatable bonds is 4. The zero-order valence-corrected chi connectivity index (χ0v) is 14.4. The molecule has 3 unspecified atom stereocenters. The van der Waals surface area contributed by atoms with E-state index >= 15 is 0 Å². The summed E-state index contributed by atoms with van der Waals surface area (Å²) in [5.74, 6) is -0.650. The summed E-state index contributed by atoms with van der Waals surface area (Å²) in [5.41, 5.74) is 0.853. The van der Waals surface area contributed by atoms with Gasteiger partial charge in [-0.1, -0.05) is 30.3 Å². The predicted octanol–water partition coefficient (Wildman–Crippen LogP) is 1.82. The number of benzene rings is 1. The fourth-order valence-corrected chi connectivity index (χ4v) is 4.51. The van der Waals surface area contributed by atoms with Gasteiger partial charge in [0.1, 0.15) is 18.7 Å². The molecule has 134 valence electrons. The van der Waals surface area contributed by atoms with Gasteiger partial charge < -0.3 is 20.1 Å². The molecule has 3 atom stereocenters. The number of carbonyl (C=O) groups is 3. The molecule has 2 N–H and O–H groups in total. The summed E-state index contributed by atoms with van der Waals surface area (Å²) >= 11 is 1.57. The lowest BCUT2D eigenvalue weighted by atomic mass is 10.1. The number of alkyl carbamates (subject to hydrolysis) is 1. The van der Waals surface area contributed by atoms with Gasteiger partial charge in [-0.25, -0.2) is 9.59 Å². The summed E-state index contributed by atoms with van der Waals surface area (Å²) in [6.07, 6.45) is 0.905. The first-order valence-corrected chi connectivity index (χ1v) is 9.25. The molecule has 0 aromatic heterocycles. The second-order valence-corrected chi connectivity index (χ2v) is 7.34. The van der Waals surface area contributed by atoms with Crippen molar-refractivity contribution in [2.45, 2.75) is 43.3 Å². The maximum absolute atomic E-state index is 12.7. The van der Waals surface area contributed by atoms with E-state index in [2.05, 4.69) is 5.32 Å². The number of amides is 2. The zero-order valence-electron chi connectivity index (χ0n) is 13.6. The number of carboxylic acids is 1. The van der Waals surface area contributed by atoms with Crippen LogP contribution in [0.25, 0.3) is 0 Å². The molecular formula is C17H20N2O5S. The van der Waals surface area contributed by atoms with Gasteiger partial charge in [0.2, 0.25) is 5.91 Å². The molecular weight excluding hydrogens is 344 g/mol. The Bertz CT molecular complexity index is 654. The maximum atomic E-state index is 12.7. The smallest absolute Gasteiger partial charge is 0.408 e. The largest absolute Gasteiger partial charge is 0.480 e. The Labute approximate surface area is 149 Å². The van der Waals surface area contributed by atoms with Gasteiger partial charge in [0.15, 0.2) is 0 Å². The second kappa shape index (κ2) is 7.77. The Morgan fingerprint density at radius 1 is 1.24 bits per heavy atom. The molecule has 0 spiro atoms. The number of carbonyl (C=O) groups excluding carboxylic acids is 2. The summed E-state index contributed by atoms with van der Waals surface area (Å²) in [6.45, 7) is 0.117. The van der Waals surface area contributed by atoms with Gasteiger partial charge in [-0.3, -0.25) is 4.79 Å². The van der Waals surface area contributed by atoms with Crippen molar-refractivity contribution in [3.63, 3.8) is 0 Å². The summed E-state index contributed by atoms with van der Waals surface area (Å²) < 4.78 is 5.16. The number of thioether (sulfide) groups is 1. The van der Waals surface area contributed by atoms with E-state index in [-0.39, 0.29) is 17.9 Å². The molecule has 0 radical (unpaired) electrons. The molecule has 8 heteroatoms. The number of nitrogens with zero attached hydrogens (tertiary/aromatic N) is 1. The second-order valence-electron chi connectivity index (χ2n) is 6.05. The zero-order chi connectivity index (χ0) is 17.8. The Hall–Kier alpha value is -2.22. The standard InChI is InChI=1S/C17H20N2O5S/c20-15-12(18-17(23)24-10-11-4-2-1-3-5-11)8-9-25-14-7-6-13(16(21)22)19(14)15/h1-5,12-14H,6-10H2,(H,18,23)(H,21,22). The van der Waals surface area contributed by atoms with E-state index in [9.17, 15) is 19.5 Å². The molecule has 1 aromatic carbocycles. The topological polar surface area (TPSA) is 95.9 Å². The van der Waals surface area contributed by atoms with Crippen LogP contribution >= 0.6 is 11.8 Å². The first-order valence-electron chi connectivity index (χ1n) is 8.20. The van der Waals surface area contributed by atoms with Gasteiger partial charge in [-0.05, 0) is 30.6 Å². The highest BCUT2D eigenvalue weighted by molar-refractivity contribution is 7.99. The molecule has 7 nitrogen and oxygen atoms in total. The van der Waals surface area contributed by atoms with E-state index in [4.69, 9.17) is 4.74 Å². The number of carboxylic acid groups (broad SMARTS) is 1. The first-order chi connectivity index (χ1) is 12.1. The number of aliphatic carboxylic acids is 1. The third-order valence-corrected chi connectivity index (χ3v) is 5.71.